The number of ether oxygens (including phenoxy) is 2. The van der Waals surface area contributed by atoms with Crippen LogP contribution in [0.1, 0.15) is 58.5 Å². The fourth-order valence-electron chi connectivity index (χ4n) is 4.35. The molecular formula is C30H32N4O4. The van der Waals surface area contributed by atoms with Crippen LogP contribution in [0.3, 0.4) is 0 Å². The fraction of sp³-hybridized carbons (Fsp3) is 0.300. The molecule has 0 bridgehead atoms. The largest absolute Gasteiger partial charge is 0.454 e. The summed E-state index contributed by atoms with van der Waals surface area (Å²) in [5, 5.41) is 2.89. The lowest BCUT2D eigenvalue weighted by molar-refractivity contribution is 0.0949. The first kappa shape index (κ1) is 25.5. The maximum Gasteiger partial charge on any atom is 0.273 e. The van der Waals surface area contributed by atoms with E-state index < -0.39 is 0 Å². The summed E-state index contributed by atoms with van der Waals surface area (Å²) in [5.41, 5.74) is 4.78. The molecule has 0 fully saturated rings. The number of oxazole rings is 1. The molecule has 8 nitrogen and oxygen atoms in total. The van der Waals surface area contributed by atoms with E-state index in [1.54, 1.807) is 6.20 Å². The van der Waals surface area contributed by atoms with E-state index in [-0.39, 0.29) is 18.4 Å². The summed E-state index contributed by atoms with van der Waals surface area (Å²) in [6, 6.07) is 20.4. The van der Waals surface area contributed by atoms with Gasteiger partial charge in [0.15, 0.2) is 17.2 Å². The molecule has 8 heteroatoms. The van der Waals surface area contributed by atoms with E-state index in [2.05, 4.69) is 58.3 Å². The van der Waals surface area contributed by atoms with Crippen LogP contribution in [0, 0.1) is 0 Å². The van der Waals surface area contributed by atoms with E-state index in [9.17, 15) is 4.79 Å². The van der Waals surface area contributed by atoms with Gasteiger partial charge in [0, 0.05) is 37.9 Å². The number of fused-ring (bicyclic) bond motifs is 1. The van der Waals surface area contributed by atoms with Gasteiger partial charge in [-0.2, -0.15) is 0 Å². The predicted octanol–water partition coefficient (Wildman–Crippen LogP) is 5.10. The van der Waals surface area contributed by atoms with Gasteiger partial charge in [0.05, 0.1) is 6.54 Å². The molecule has 0 radical (unpaired) electrons. The van der Waals surface area contributed by atoms with Crippen molar-refractivity contribution in [2.24, 2.45) is 0 Å². The van der Waals surface area contributed by atoms with Gasteiger partial charge < -0.3 is 19.2 Å². The highest BCUT2D eigenvalue weighted by molar-refractivity contribution is 5.91. The Balaban J connectivity index is 1.25. The van der Waals surface area contributed by atoms with Gasteiger partial charge in [-0.1, -0.05) is 50.2 Å². The van der Waals surface area contributed by atoms with Crippen LogP contribution in [0.15, 0.2) is 77.5 Å². The van der Waals surface area contributed by atoms with Crippen molar-refractivity contribution in [3.63, 3.8) is 0 Å². The fourth-order valence-corrected chi connectivity index (χ4v) is 4.35. The molecular weight excluding hydrogens is 480 g/mol. The van der Waals surface area contributed by atoms with Crippen LogP contribution >= 0.6 is 0 Å². The number of nitrogens with zero attached hydrogens (tertiary/aromatic N) is 3. The molecule has 2 aromatic heterocycles. The third-order valence-corrected chi connectivity index (χ3v) is 6.43. The Labute approximate surface area is 222 Å². The lowest BCUT2D eigenvalue weighted by Gasteiger charge is -2.21. The molecule has 1 amide bonds. The van der Waals surface area contributed by atoms with Crippen molar-refractivity contribution in [1.29, 1.82) is 0 Å². The van der Waals surface area contributed by atoms with Crippen molar-refractivity contribution >= 4 is 5.91 Å². The number of benzene rings is 2. The number of amides is 1. The number of hydrogen-bond donors (Lipinski definition) is 1. The predicted molar refractivity (Wildman–Crippen MR) is 143 cm³/mol. The zero-order chi connectivity index (χ0) is 26.3. The van der Waals surface area contributed by atoms with Gasteiger partial charge in [-0.15, -0.1) is 0 Å². The maximum absolute atomic E-state index is 12.6. The topological polar surface area (TPSA) is 89.7 Å². The molecule has 0 unspecified atom stereocenters. The Kier molecular flexibility index (Phi) is 7.99. The van der Waals surface area contributed by atoms with Crippen LogP contribution in [-0.4, -0.2) is 34.1 Å². The van der Waals surface area contributed by atoms with Crippen LogP contribution in [0.2, 0.25) is 0 Å². The van der Waals surface area contributed by atoms with Gasteiger partial charge >= 0.3 is 0 Å². The number of rotatable bonds is 11. The maximum atomic E-state index is 12.6. The Bertz CT molecular complexity index is 1350. The van der Waals surface area contributed by atoms with Crippen LogP contribution < -0.4 is 14.8 Å². The molecule has 38 heavy (non-hydrogen) atoms. The quantitative estimate of drug-likeness (QED) is 0.299. The van der Waals surface area contributed by atoms with Crippen molar-refractivity contribution in [3.05, 3.63) is 107 Å². The molecule has 0 atom stereocenters. The standard InChI is InChI=1S/C30H32N4O4/c1-21(2)24-9-6-22(7-10-24)16-34(17-23-8-11-27-28(15-23)38-20-37-27)18-29-33-26(19-36-29)30(35)32-14-12-25-5-3-4-13-31-25/h3-11,13,15,19,21H,12,14,16-18,20H2,1-2H3,(H,32,35). The Morgan fingerprint density at radius 2 is 1.76 bits per heavy atom. The first-order chi connectivity index (χ1) is 18.5. The minimum Gasteiger partial charge on any atom is -0.454 e. The first-order valence-corrected chi connectivity index (χ1v) is 12.9. The van der Waals surface area contributed by atoms with Crippen molar-refractivity contribution in [2.45, 2.75) is 45.8 Å². The van der Waals surface area contributed by atoms with Crippen molar-refractivity contribution in [1.82, 2.24) is 20.2 Å². The highest BCUT2D eigenvalue weighted by atomic mass is 16.7. The lowest BCUT2D eigenvalue weighted by atomic mass is 10.0. The zero-order valence-corrected chi connectivity index (χ0v) is 21.7. The average molecular weight is 513 g/mol. The minimum atomic E-state index is -0.262. The molecule has 1 N–H and O–H groups in total. The summed E-state index contributed by atoms with van der Waals surface area (Å²) in [4.78, 5) is 23.6. The number of hydrogen-bond acceptors (Lipinski definition) is 7. The molecule has 5 rings (SSSR count). The molecule has 0 saturated carbocycles. The molecule has 0 aliphatic carbocycles. The molecule has 196 valence electrons. The van der Waals surface area contributed by atoms with Gasteiger partial charge in [0.1, 0.15) is 6.26 Å². The summed E-state index contributed by atoms with van der Waals surface area (Å²) < 4.78 is 16.7. The summed E-state index contributed by atoms with van der Waals surface area (Å²) in [5.74, 6) is 2.22. The van der Waals surface area contributed by atoms with Crippen molar-refractivity contribution in [2.75, 3.05) is 13.3 Å². The van der Waals surface area contributed by atoms with Crippen LogP contribution in [0.25, 0.3) is 0 Å². The van der Waals surface area contributed by atoms with E-state index in [1.807, 2.05) is 36.4 Å². The number of carbonyl (C=O) groups is 1. The smallest absolute Gasteiger partial charge is 0.273 e. The van der Waals surface area contributed by atoms with E-state index >= 15 is 0 Å². The van der Waals surface area contributed by atoms with Crippen molar-refractivity contribution in [3.8, 4) is 11.5 Å². The molecule has 4 aromatic rings. The van der Waals surface area contributed by atoms with Crippen LogP contribution in [-0.2, 0) is 26.1 Å². The number of pyridine rings is 1. The normalized spacial score (nSPS) is 12.3. The lowest BCUT2D eigenvalue weighted by Crippen LogP contribution is -2.26. The molecule has 2 aromatic carbocycles. The van der Waals surface area contributed by atoms with Gasteiger partial charge in [-0.05, 0) is 46.9 Å². The highest BCUT2D eigenvalue weighted by Crippen LogP contribution is 2.33. The third-order valence-electron chi connectivity index (χ3n) is 6.43. The minimum absolute atomic E-state index is 0.244. The molecule has 0 saturated heterocycles. The second kappa shape index (κ2) is 11.9. The van der Waals surface area contributed by atoms with Crippen molar-refractivity contribution < 1.29 is 18.7 Å². The van der Waals surface area contributed by atoms with Gasteiger partial charge in [0.2, 0.25) is 12.7 Å². The molecule has 1 aliphatic heterocycles. The molecule has 3 heterocycles. The van der Waals surface area contributed by atoms with E-state index in [0.717, 1.165) is 22.8 Å². The first-order valence-electron chi connectivity index (χ1n) is 12.9. The molecule has 1 aliphatic rings. The third kappa shape index (κ3) is 6.58. The Morgan fingerprint density at radius 1 is 0.974 bits per heavy atom. The average Bonchev–Trinajstić information content (AvgIpc) is 3.59. The Hall–Kier alpha value is -4.17. The van der Waals surface area contributed by atoms with Gasteiger partial charge in [-0.25, -0.2) is 4.98 Å². The second-order valence-corrected chi connectivity index (χ2v) is 9.68. The molecule has 0 spiro atoms. The monoisotopic (exact) mass is 512 g/mol. The summed E-state index contributed by atoms with van der Waals surface area (Å²) >= 11 is 0. The summed E-state index contributed by atoms with van der Waals surface area (Å²) in [6.45, 7) is 6.89. The highest BCUT2D eigenvalue weighted by Gasteiger charge is 2.18. The van der Waals surface area contributed by atoms with Crippen LogP contribution in [0.5, 0.6) is 11.5 Å². The van der Waals surface area contributed by atoms with Gasteiger partial charge in [0.25, 0.3) is 5.91 Å². The summed E-state index contributed by atoms with van der Waals surface area (Å²) in [6.07, 6.45) is 3.81. The van der Waals surface area contributed by atoms with E-state index in [0.29, 0.717) is 44.4 Å². The van der Waals surface area contributed by atoms with E-state index in [1.165, 1.54) is 17.4 Å². The SMILES string of the molecule is CC(C)c1ccc(CN(Cc2ccc3c(c2)OCO3)Cc2nc(C(=O)NCCc3ccccn3)co2)cc1. The number of carbonyl (C=O) groups excluding carboxylic acids is 1. The number of aromatic nitrogens is 2. The summed E-state index contributed by atoms with van der Waals surface area (Å²) in [7, 11) is 0. The van der Waals surface area contributed by atoms with Crippen LogP contribution in [0.4, 0.5) is 0 Å². The zero-order valence-electron chi connectivity index (χ0n) is 21.7. The van der Waals surface area contributed by atoms with Gasteiger partial charge in [-0.3, -0.25) is 14.7 Å². The second-order valence-electron chi connectivity index (χ2n) is 9.68. The Morgan fingerprint density at radius 3 is 2.55 bits per heavy atom. The number of nitrogens with one attached hydrogen (secondary N) is 1. The van der Waals surface area contributed by atoms with E-state index in [4.69, 9.17) is 13.9 Å².